The first kappa shape index (κ1) is 14.9. The van der Waals surface area contributed by atoms with Crippen molar-refractivity contribution in [1.82, 2.24) is 4.90 Å². The second-order valence-electron chi connectivity index (χ2n) is 3.63. The van der Waals surface area contributed by atoms with Gasteiger partial charge in [-0.05, 0) is 20.9 Å². The first-order chi connectivity index (χ1) is 7.04. The molecule has 0 aliphatic heterocycles. The Kier molecular flexibility index (Phi) is 9.09. The van der Waals surface area contributed by atoms with E-state index in [1.165, 1.54) is 0 Å². The summed E-state index contributed by atoms with van der Waals surface area (Å²) in [6.07, 6.45) is 0. The lowest BCUT2D eigenvalue weighted by molar-refractivity contribution is -0.115. The monoisotopic (exact) mass is 235 g/mol. The maximum atomic E-state index is 10.4. The Balaban J connectivity index is 3.15. The van der Waals surface area contributed by atoms with Crippen LogP contribution in [0.4, 0.5) is 0 Å². The Labute approximate surface area is 97.3 Å². The van der Waals surface area contributed by atoms with E-state index in [1.807, 2.05) is 0 Å². The molecule has 4 nitrogen and oxygen atoms in total. The van der Waals surface area contributed by atoms with Gasteiger partial charge in [0.05, 0.1) is 19.8 Å². The Morgan fingerprint density at radius 3 is 2.40 bits per heavy atom. The first-order valence-electron chi connectivity index (χ1n) is 5.11. The molecule has 0 aromatic heterocycles. The predicted molar refractivity (Wildman–Crippen MR) is 63.4 cm³/mol. The summed E-state index contributed by atoms with van der Waals surface area (Å²) in [5.74, 6) is 0. The summed E-state index contributed by atoms with van der Waals surface area (Å²) >= 11 is 3.58. The Hall–Kier alpha value is -0.100. The van der Waals surface area contributed by atoms with Crippen LogP contribution in [0.15, 0.2) is 0 Å². The third-order valence-electron chi connectivity index (χ3n) is 2.07. The van der Waals surface area contributed by atoms with Crippen LogP contribution >= 0.6 is 12.6 Å². The van der Waals surface area contributed by atoms with Gasteiger partial charge in [-0.3, -0.25) is 4.79 Å². The Morgan fingerprint density at radius 1 is 1.27 bits per heavy atom. The zero-order valence-electron chi connectivity index (χ0n) is 9.73. The van der Waals surface area contributed by atoms with Crippen molar-refractivity contribution in [2.75, 3.05) is 40.0 Å². The highest BCUT2D eigenvalue weighted by molar-refractivity contribution is 7.96. The molecule has 0 saturated carbocycles. The largest absolute Gasteiger partial charge is 0.378 e. The normalized spacial score (nSPS) is 11.3. The highest BCUT2D eigenvalue weighted by atomic mass is 32.1. The van der Waals surface area contributed by atoms with Gasteiger partial charge in [-0.2, -0.15) is 0 Å². The molecular formula is C10H21NO3S. The zero-order chi connectivity index (χ0) is 11.7. The summed E-state index contributed by atoms with van der Waals surface area (Å²) in [5, 5.41) is -0.255. The third-order valence-corrected chi connectivity index (χ3v) is 2.20. The zero-order valence-corrected chi connectivity index (χ0v) is 10.6. The maximum Gasteiger partial charge on any atom is 0.211 e. The quantitative estimate of drug-likeness (QED) is 0.474. The summed E-state index contributed by atoms with van der Waals surface area (Å²) in [6, 6.07) is 0.534. The van der Waals surface area contributed by atoms with Crippen LogP contribution in [0.25, 0.3) is 0 Å². The molecule has 15 heavy (non-hydrogen) atoms. The van der Waals surface area contributed by atoms with Gasteiger partial charge in [0.25, 0.3) is 0 Å². The maximum absolute atomic E-state index is 10.4. The van der Waals surface area contributed by atoms with Crippen LogP contribution in [0, 0.1) is 0 Å². The molecule has 0 aromatic rings. The lowest BCUT2D eigenvalue weighted by Crippen LogP contribution is -2.30. The van der Waals surface area contributed by atoms with E-state index < -0.39 is 0 Å². The molecule has 0 spiro atoms. The fourth-order valence-electron chi connectivity index (χ4n) is 0.846. The molecule has 0 bridgehead atoms. The Bertz CT molecular complexity index is 176. The van der Waals surface area contributed by atoms with Gasteiger partial charge >= 0.3 is 0 Å². The molecule has 0 amide bonds. The highest BCUT2D eigenvalue weighted by Crippen LogP contribution is 1.92. The van der Waals surface area contributed by atoms with Crippen LogP contribution in [0.3, 0.4) is 0 Å². The number of hydrogen-bond acceptors (Lipinski definition) is 4. The SMILES string of the molecule is CC(C)N(C)CCOCCOCC(=O)S. The van der Waals surface area contributed by atoms with Crippen molar-refractivity contribution in [3.05, 3.63) is 0 Å². The lowest BCUT2D eigenvalue weighted by Gasteiger charge is -2.20. The van der Waals surface area contributed by atoms with Gasteiger partial charge in [-0.1, -0.05) is 0 Å². The van der Waals surface area contributed by atoms with Gasteiger partial charge < -0.3 is 14.4 Å². The number of rotatable bonds is 9. The van der Waals surface area contributed by atoms with Gasteiger partial charge in [0, 0.05) is 12.6 Å². The van der Waals surface area contributed by atoms with Crippen LogP contribution in [-0.2, 0) is 14.3 Å². The van der Waals surface area contributed by atoms with Gasteiger partial charge in [0.2, 0.25) is 5.12 Å². The van der Waals surface area contributed by atoms with Gasteiger partial charge in [0.1, 0.15) is 6.61 Å². The molecule has 0 rings (SSSR count). The van der Waals surface area contributed by atoms with E-state index in [2.05, 4.69) is 38.4 Å². The van der Waals surface area contributed by atoms with Crippen LogP contribution in [0.1, 0.15) is 13.8 Å². The molecule has 0 aliphatic carbocycles. The summed E-state index contributed by atoms with van der Waals surface area (Å²) < 4.78 is 10.3. The van der Waals surface area contributed by atoms with Crippen molar-refractivity contribution < 1.29 is 14.3 Å². The minimum absolute atomic E-state index is 0.0539. The average Bonchev–Trinajstić information content (AvgIpc) is 2.15. The molecule has 0 atom stereocenters. The van der Waals surface area contributed by atoms with Crippen molar-refractivity contribution in [2.45, 2.75) is 19.9 Å². The van der Waals surface area contributed by atoms with Gasteiger partial charge in [-0.15, -0.1) is 12.6 Å². The molecule has 0 aromatic carbocycles. The molecule has 90 valence electrons. The van der Waals surface area contributed by atoms with E-state index in [4.69, 9.17) is 9.47 Å². The minimum atomic E-state index is -0.255. The van der Waals surface area contributed by atoms with Crippen LogP contribution in [0.5, 0.6) is 0 Å². The second-order valence-corrected chi connectivity index (χ2v) is 4.13. The molecule has 0 heterocycles. The molecule has 0 unspecified atom stereocenters. The van der Waals surface area contributed by atoms with E-state index in [0.29, 0.717) is 25.9 Å². The fourth-order valence-corrected chi connectivity index (χ4v) is 0.937. The number of carbonyl (C=O) groups is 1. The molecule has 0 N–H and O–H groups in total. The van der Waals surface area contributed by atoms with Crippen molar-refractivity contribution in [1.29, 1.82) is 0 Å². The number of likely N-dealkylation sites (N-methyl/N-ethyl adjacent to an activating group) is 1. The molecule has 0 aliphatic rings. The minimum Gasteiger partial charge on any atom is -0.378 e. The summed E-state index contributed by atoms with van der Waals surface area (Å²) in [7, 11) is 2.06. The second kappa shape index (κ2) is 9.15. The molecule has 0 saturated heterocycles. The number of nitrogens with zero attached hydrogens (tertiary/aromatic N) is 1. The number of ether oxygens (including phenoxy) is 2. The van der Waals surface area contributed by atoms with Crippen LogP contribution in [0.2, 0.25) is 0 Å². The van der Waals surface area contributed by atoms with Crippen LogP contribution in [-0.4, -0.2) is 56.1 Å². The fraction of sp³-hybridized carbons (Fsp3) is 0.900. The standard InChI is InChI=1S/C10H21NO3S/c1-9(2)11(3)4-5-13-6-7-14-8-10(12)15/h9H,4-8H2,1-3H3,(H,12,15). The molecule has 0 fully saturated rings. The topological polar surface area (TPSA) is 38.8 Å². The predicted octanol–water partition coefficient (Wildman–Crippen LogP) is 0.816. The first-order valence-corrected chi connectivity index (χ1v) is 5.56. The summed E-state index contributed by atoms with van der Waals surface area (Å²) in [6.45, 7) is 6.89. The van der Waals surface area contributed by atoms with Gasteiger partial charge in [-0.25, -0.2) is 0 Å². The number of carbonyl (C=O) groups excluding carboxylic acids is 1. The van der Waals surface area contributed by atoms with Crippen molar-refractivity contribution in [3.63, 3.8) is 0 Å². The average molecular weight is 235 g/mol. The smallest absolute Gasteiger partial charge is 0.211 e. The third kappa shape index (κ3) is 10.2. The molecule has 0 radical (unpaired) electrons. The summed E-state index contributed by atoms with van der Waals surface area (Å²) in [4.78, 5) is 12.6. The van der Waals surface area contributed by atoms with E-state index in [-0.39, 0.29) is 11.7 Å². The van der Waals surface area contributed by atoms with Crippen molar-refractivity contribution in [3.8, 4) is 0 Å². The highest BCUT2D eigenvalue weighted by Gasteiger charge is 2.01. The van der Waals surface area contributed by atoms with E-state index >= 15 is 0 Å². The number of hydrogen-bond donors (Lipinski definition) is 1. The van der Waals surface area contributed by atoms with Crippen molar-refractivity contribution in [2.24, 2.45) is 0 Å². The van der Waals surface area contributed by atoms with Crippen molar-refractivity contribution >= 4 is 17.7 Å². The molecule has 5 heteroatoms. The number of thiol groups is 1. The Morgan fingerprint density at radius 2 is 1.87 bits per heavy atom. The van der Waals surface area contributed by atoms with E-state index in [9.17, 15) is 4.79 Å². The van der Waals surface area contributed by atoms with E-state index in [1.54, 1.807) is 0 Å². The summed E-state index contributed by atoms with van der Waals surface area (Å²) in [5.41, 5.74) is 0. The lowest BCUT2D eigenvalue weighted by atomic mass is 10.3. The van der Waals surface area contributed by atoms with E-state index in [0.717, 1.165) is 6.54 Å². The molecular weight excluding hydrogens is 214 g/mol. The van der Waals surface area contributed by atoms with Crippen LogP contribution < -0.4 is 0 Å². The van der Waals surface area contributed by atoms with Gasteiger partial charge in [0.15, 0.2) is 0 Å².